The van der Waals surface area contributed by atoms with E-state index < -0.39 is 11.9 Å². The first kappa shape index (κ1) is 16.2. The second-order valence-electron chi connectivity index (χ2n) is 0.610. The molecule has 41 valence electrons. The van der Waals surface area contributed by atoms with Crippen LogP contribution in [0.25, 0.3) is 0 Å². The van der Waals surface area contributed by atoms with Gasteiger partial charge in [-0.15, -0.1) is 0 Å². The summed E-state index contributed by atoms with van der Waals surface area (Å²) in [5, 5.41) is 14.8. The predicted octanol–water partition coefficient (Wildman–Crippen LogP) is -1.87. The van der Waals surface area contributed by atoms with E-state index in [0.29, 0.717) is 0 Å². The van der Waals surface area contributed by atoms with Crippen LogP contribution in [0.3, 0.4) is 0 Å². The van der Waals surface area contributed by atoms with Crippen LogP contribution in [0.15, 0.2) is 0 Å². The zero-order valence-electron chi connectivity index (χ0n) is 3.16. The maximum absolute atomic E-state index is 9.10. The van der Waals surface area contributed by atoms with Gasteiger partial charge in [-0.2, -0.15) is 0 Å². The van der Waals surface area contributed by atoms with Crippen LogP contribution in [-0.2, 0) is 9.59 Å². The summed E-state index contributed by atoms with van der Waals surface area (Å²) in [6.07, 6.45) is 0. The molecule has 6 heteroatoms. The molecule has 2 N–H and O–H groups in total. The van der Waals surface area contributed by atoms with E-state index >= 15 is 0 Å². The second kappa shape index (κ2) is 8.39. The van der Waals surface area contributed by atoms with Crippen LogP contribution in [0.2, 0.25) is 0 Å². The summed E-state index contributed by atoms with van der Waals surface area (Å²) in [6, 6.07) is 0. The van der Waals surface area contributed by atoms with E-state index in [2.05, 4.69) is 0 Å². The van der Waals surface area contributed by atoms with Crippen LogP contribution >= 0.6 is 0 Å². The Kier molecular flexibility index (Phi) is 17.0. The fraction of sp³-hybridized carbons (Fsp3) is 0. The Balaban J connectivity index is -0.000000125. The Labute approximate surface area is 106 Å². The van der Waals surface area contributed by atoms with Gasteiger partial charge in [0.25, 0.3) is 0 Å². The van der Waals surface area contributed by atoms with E-state index in [0.717, 1.165) is 0 Å². The van der Waals surface area contributed by atoms with E-state index in [1.54, 1.807) is 0 Å². The molecule has 0 aliphatic heterocycles. The first-order valence-corrected chi connectivity index (χ1v) is 1.11. The van der Waals surface area contributed by atoms with Gasteiger partial charge in [0.1, 0.15) is 0 Å². The van der Waals surface area contributed by atoms with E-state index in [1.807, 2.05) is 0 Å². The molecule has 0 atom stereocenters. The van der Waals surface area contributed by atoms with E-state index in [9.17, 15) is 0 Å². The van der Waals surface area contributed by atoms with Crippen molar-refractivity contribution >= 4 is 87.8 Å². The molecule has 0 spiro atoms. The van der Waals surface area contributed by atoms with Crippen molar-refractivity contribution < 1.29 is 19.8 Å². The molecule has 0 fully saturated rings. The fourth-order valence-electron chi connectivity index (χ4n) is 0. The number of rotatable bonds is 0. The maximum atomic E-state index is 9.10. The summed E-state index contributed by atoms with van der Waals surface area (Å²) in [7, 11) is 0. The average Bonchev–Trinajstić information content (AvgIpc) is 1.36. The minimum Gasteiger partial charge on any atom is 0 e. The number of carboxylic acid groups (broad SMARTS) is 2. The third-order valence-corrected chi connectivity index (χ3v) is 0.183. The molecule has 3 radical (unpaired) electrons. The Morgan fingerprint density at radius 2 is 1.12 bits per heavy atom. The summed E-state index contributed by atoms with van der Waals surface area (Å²) in [5.41, 5.74) is 0. The fourth-order valence-corrected chi connectivity index (χ4v) is 0. The Bertz CT molecular complexity index is 80.0. The third kappa shape index (κ3) is 10.4. The standard InChI is InChI=1S/C2H2O4.K.Sb.H/c3-1(4)2(5)6;;;/h(H,3,4)(H,5,6);;;. The van der Waals surface area contributed by atoms with Crippen LogP contribution < -0.4 is 0 Å². The SMILES string of the molecule is O=C(O)C(=O)O.[KH].[Sb]. The van der Waals surface area contributed by atoms with Crippen LogP contribution in [0.4, 0.5) is 0 Å². The molecule has 0 aromatic heterocycles. The van der Waals surface area contributed by atoms with Crippen molar-refractivity contribution in [3.05, 3.63) is 0 Å². The molecule has 0 unspecified atom stereocenters. The summed E-state index contributed by atoms with van der Waals surface area (Å²) in [5.74, 6) is -3.65. The molecule has 0 saturated heterocycles. The van der Waals surface area contributed by atoms with Gasteiger partial charge in [0.05, 0.1) is 0 Å². The monoisotopic (exact) mass is 251 g/mol. The smallest absolute Gasteiger partial charge is 0 e. The van der Waals surface area contributed by atoms with Gasteiger partial charge in [-0.3, -0.25) is 0 Å². The molecule has 0 rings (SSSR count). The van der Waals surface area contributed by atoms with Crippen molar-refractivity contribution in [3.63, 3.8) is 0 Å². The number of aliphatic carboxylic acids is 2. The molecule has 0 aromatic carbocycles. The second-order valence-corrected chi connectivity index (χ2v) is 0.610. The van der Waals surface area contributed by atoms with Gasteiger partial charge in [-0.25, -0.2) is 9.59 Å². The number of carbonyl (C=O) groups is 2. The normalized spacial score (nSPS) is 5.50. The van der Waals surface area contributed by atoms with Gasteiger partial charge in [-0.05, 0) is 0 Å². The zero-order chi connectivity index (χ0) is 5.15. The zero-order valence-corrected chi connectivity index (χ0v) is 5.71. The molecule has 0 aromatic rings. The summed E-state index contributed by atoms with van der Waals surface area (Å²) >= 11 is 0. The van der Waals surface area contributed by atoms with Gasteiger partial charge in [0.15, 0.2) is 0 Å². The van der Waals surface area contributed by atoms with Crippen LogP contribution in [0, 0.1) is 0 Å². The molecule has 8 heavy (non-hydrogen) atoms. The minimum absolute atomic E-state index is 0. The van der Waals surface area contributed by atoms with Crippen molar-refractivity contribution in [1.82, 2.24) is 0 Å². The minimum atomic E-state index is -1.82. The first-order valence-electron chi connectivity index (χ1n) is 1.11. The van der Waals surface area contributed by atoms with Gasteiger partial charge in [0, 0.05) is 24.4 Å². The van der Waals surface area contributed by atoms with Crippen LogP contribution in [-0.4, -0.2) is 98.0 Å². The molecule has 0 aliphatic rings. The molecular weight excluding hydrogens is 249 g/mol. The van der Waals surface area contributed by atoms with Gasteiger partial charge in [0.2, 0.25) is 0 Å². The van der Waals surface area contributed by atoms with E-state index in [-0.39, 0.29) is 75.8 Å². The molecule has 0 heterocycles. The van der Waals surface area contributed by atoms with Crippen molar-refractivity contribution in [2.75, 3.05) is 0 Å². The predicted molar refractivity (Wildman–Crippen MR) is 28.2 cm³/mol. The molecule has 0 aliphatic carbocycles. The number of hydrogen-bond donors (Lipinski definition) is 2. The van der Waals surface area contributed by atoms with Crippen molar-refractivity contribution in [3.8, 4) is 0 Å². The molecular formula is C2H3KO4Sb. The van der Waals surface area contributed by atoms with Gasteiger partial charge in [-0.1, -0.05) is 0 Å². The van der Waals surface area contributed by atoms with E-state index in [1.165, 1.54) is 0 Å². The quantitative estimate of drug-likeness (QED) is 0.391. The maximum Gasteiger partial charge on any atom is 0 e. The molecule has 0 saturated carbocycles. The van der Waals surface area contributed by atoms with Crippen molar-refractivity contribution in [1.29, 1.82) is 0 Å². The molecule has 0 amide bonds. The summed E-state index contributed by atoms with van der Waals surface area (Å²) < 4.78 is 0. The van der Waals surface area contributed by atoms with Gasteiger partial charge < -0.3 is 10.2 Å². The molecule has 0 bridgehead atoms. The summed E-state index contributed by atoms with van der Waals surface area (Å²) in [6.45, 7) is 0. The molecule has 4 nitrogen and oxygen atoms in total. The largest absolute Gasteiger partial charge is 0 e. The Morgan fingerprint density at radius 3 is 1.12 bits per heavy atom. The first-order chi connectivity index (χ1) is 2.64. The van der Waals surface area contributed by atoms with Crippen LogP contribution in [0.1, 0.15) is 0 Å². The van der Waals surface area contributed by atoms with Crippen molar-refractivity contribution in [2.45, 2.75) is 0 Å². The Hall–Kier alpha value is 1.39. The summed E-state index contributed by atoms with van der Waals surface area (Å²) in [4.78, 5) is 18.2. The van der Waals surface area contributed by atoms with Crippen LogP contribution in [0.5, 0.6) is 0 Å². The number of hydrogen-bond acceptors (Lipinski definition) is 2. The van der Waals surface area contributed by atoms with E-state index in [4.69, 9.17) is 19.8 Å². The average molecular weight is 252 g/mol. The number of carboxylic acids is 2. The topological polar surface area (TPSA) is 74.6 Å². The van der Waals surface area contributed by atoms with Crippen molar-refractivity contribution in [2.24, 2.45) is 0 Å². The van der Waals surface area contributed by atoms with Gasteiger partial charge >= 0.3 is 63.3 Å². The Morgan fingerprint density at radius 1 is 1.00 bits per heavy atom. The third-order valence-electron chi connectivity index (χ3n) is 0.183.